The number of nitrogens with one attached hydrogen (secondary N) is 2. The van der Waals surface area contributed by atoms with Crippen LogP contribution in [0.1, 0.15) is 40.4 Å². The number of hydrogen-bond acceptors (Lipinski definition) is 4. The molecule has 2 aromatic rings. The number of nitro groups is 1. The number of rotatable bonds is 4. The van der Waals surface area contributed by atoms with Crippen molar-refractivity contribution >= 4 is 29.0 Å². The lowest BCUT2D eigenvalue weighted by atomic mass is 10.1. The van der Waals surface area contributed by atoms with Gasteiger partial charge in [0, 0.05) is 28.3 Å². The number of benzene rings is 1. The summed E-state index contributed by atoms with van der Waals surface area (Å²) >= 11 is 5.74. The molecule has 22 heavy (non-hydrogen) atoms. The van der Waals surface area contributed by atoms with E-state index in [2.05, 4.69) is 15.5 Å². The number of anilines is 1. The van der Waals surface area contributed by atoms with Crippen LogP contribution in [0.2, 0.25) is 5.02 Å². The standard InChI is InChI=1S/C14H13ClN4O3/c1-7-12(8-2-3-8)17-18-13(7)16-14(20)10-5-4-9(15)6-11(10)19(21)22/h4-6,8H,2-3H2,1H3,(H2,16,17,18,20). The zero-order chi connectivity index (χ0) is 15.9. The second-order valence-corrected chi connectivity index (χ2v) is 5.69. The Morgan fingerprint density at radius 2 is 2.23 bits per heavy atom. The highest BCUT2D eigenvalue weighted by Gasteiger charge is 2.29. The molecule has 7 nitrogen and oxygen atoms in total. The second kappa shape index (κ2) is 5.42. The molecule has 114 valence electrons. The van der Waals surface area contributed by atoms with Gasteiger partial charge in [-0.1, -0.05) is 11.6 Å². The third-order valence-electron chi connectivity index (χ3n) is 3.67. The van der Waals surface area contributed by atoms with E-state index in [1.54, 1.807) is 0 Å². The molecule has 1 aromatic heterocycles. The molecule has 0 unspecified atom stereocenters. The first kappa shape index (κ1) is 14.5. The molecule has 0 radical (unpaired) electrons. The molecule has 0 saturated heterocycles. The minimum atomic E-state index is -0.631. The van der Waals surface area contributed by atoms with Gasteiger partial charge in [0.05, 0.1) is 4.92 Å². The van der Waals surface area contributed by atoms with E-state index in [1.165, 1.54) is 12.1 Å². The van der Waals surface area contributed by atoms with Gasteiger partial charge in [0.1, 0.15) is 5.56 Å². The Morgan fingerprint density at radius 1 is 1.50 bits per heavy atom. The first-order valence-corrected chi connectivity index (χ1v) is 7.15. The maximum Gasteiger partial charge on any atom is 0.283 e. The average molecular weight is 321 g/mol. The lowest BCUT2D eigenvalue weighted by molar-refractivity contribution is -0.385. The van der Waals surface area contributed by atoms with E-state index in [-0.39, 0.29) is 16.3 Å². The lowest BCUT2D eigenvalue weighted by Crippen LogP contribution is -2.15. The van der Waals surface area contributed by atoms with E-state index in [4.69, 9.17) is 11.6 Å². The van der Waals surface area contributed by atoms with Gasteiger partial charge in [0.25, 0.3) is 11.6 Å². The van der Waals surface area contributed by atoms with Gasteiger partial charge >= 0.3 is 0 Å². The summed E-state index contributed by atoms with van der Waals surface area (Å²) in [5.41, 5.74) is 1.50. The molecule has 8 heteroatoms. The largest absolute Gasteiger partial charge is 0.305 e. The van der Waals surface area contributed by atoms with Crippen molar-refractivity contribution in [1.82, 2.24) is 10.2 Å². The van der Waals surface area contributed by atoms with Gasteiger partial charge in [-0.25, -0.2) is 0 Å². The quantitative estimate of drug-likeness (QED) is 0.665. The molecule has 1 aromatic carbocycles. The van der Waals surface area contributed by atoms with Crippen LogP contribution in [0, 0.1) is 17.0 Å². The Labute approximate surface area is 130 Å². The fraction of sp³-hybridized carbons (Fsp3) is 0.286. The van der Waals surface area contributed by atoms with Gasteiger partial charge in [-0.2, -0.15) is 5.10 Å². The Bertz CT molecular complexity index is 767. The molecule has 3 rings (SSSR count). The van der Waals surface area contributed by atoms with Crippen LogP contribution in [0.5, 0.6) is 0 Å². The van der Waals surface area contributed by atoms with E-state index in [0.29, 0.717) is 11.7 Å². The molecule has 0 spiro atoms. The Morgan fingerprint density at radius 3 is 2.86 bits per heavy atom. The number of nitro benzene ring substituents is 1. The summed E-state index contributed by atoms with van der Waals surface area (Å²) < 4.78 is 0. The van der Waals surface area contributed by atoms with Crippen molar-refractivity contribution < 1.29 is 9.72 Å². The predicted molar refractivity (Wildman–Crippen MR) is 81.4 cm³/mol. The first-order chi connectivity index (χ1) is 10.5. The van der Waals surface area contributed by atoms with Gasteiger partial charge in [0.2, 0.25) is 0 Å². The zero-order valence-electron chi connectivity index (χ0n) is 11.7. The van der Waals surface area contributed by atoms with E-state index >= 15 is 0 Å². The maximum atomic E-state index is 12.3. The van der Waals surface area contributed by atoms with Gasteiger partial charge in [-0.15, -0.1) is 0 Å². The summed E-state index contributed by atoms with van der Waals surface area (Å²) in [6.45, 7) is 1.86. The predicted octanol–water partition coefficient (Wildman–Crippen LogP) is 3.41. The summed E-state index contributed by atoms with van der Waals surface area (Å²) in [5.74, 6) is 0.291. The number of hydrogen-bond donors (Lipinski definition) is 2. The number of H-pyrrole nitrogens is 1. The Balaban J connectivity index is 1.87. The SMILES string of the molecule is Cc1c(NC(=O)c2ccc(Cl)cc2[N+](=O)[O-])n[nH]c1C1CC1. The van der Waals surface area contributed by atoms with Crippen LogP contribution in [0.3, 0.4) is 0 Å². The molecule has 1 saturated carbocycles. The normalized spacial score (nSPS) is 13.9. The smallest absolute Gasteiger partial charge is 0.283 e. The number of halogens is 1. The van der Waals surface area contributed by atoms with Crippen molar-refractivity contribution in [3.05, 3.63) is 50.2 Å². The summed E-state index contributed by atoms with van der Waals surface area (Å²) in [6.07, 6.45) is 2.22. The van der Waals surface area contributed by atoms with E-state index in [1.807, 2.05) is 6.92 Å². The van der Waals surface area contributed by atoms with Crippen molar-refractivity contribution in [3.8, 4) is 0 Å². The van der Waals surface area contributed by atoms with Crippen LogP contribution in [-0.2, 0) is 0 Å². The van der Waals surface area contributed by atoms with Crippen LogP contribution in [-0.4, -0.2) is 21.0 Å². The van der Waals surface area contributed by atoms with Crippen molar-refractivity contribution in [2.45, 2.75) is 25.7 Å². The van der Waals surface area contributed by atoms with Crippen LogP contribution < -0.4 is 5.32 Å². The van der Waals surface area contributed by atoms with E-state index in [9.17, 15) is 14.9 Å². The topological polar surface area (TPSA) is 101 Å². The summed E-state index contributed by atoms with van der Waals surface area (Å²) in [4.78, 5) is 22.7. The summed E-state index contributed by atoms with van der Waals surface area (Å²) in [6, 6.07) is 3.93. The van der Waals surface area contributed by atoms with Crippen molar-refractivity contribution in [1.29, 1.82) is 0 Å². The van der Waals surface area contributed by atoms with Gasteiger partial charge in [-0.3, -0.25) is 20.0 Å². The van der Waals surface area contributed by atoms with E-state index in [0.717, 1.165) is 30.2 Å². The average Bonchev–Trinajstić information content (AvgIpc) is 3.25. The monoisotopic (exact) mass is 320 g/mol. The number of aromatic nitrogens is 2. The zero-order valence-corrected chi connectivity index (χ0v) is 12.5. The molecule has 1 aliphatic carbocycles. The van der Waals surface area contributed by atoms with Crippen molar-refractivity contribution in [2.24, 2.45) is 0 Å². The highest BCUT2D eigenvalue weighted by molar-refractivity contribution is 6.31. The Kier molecular flexibility index (Phi) is 3.58. The van der Waals surface area contributed by atoms with Crippen molar-refractivity contribution in [3.63, 3.8) is 0 Å². The fourth-order valence-corrected chi connectivity index (χ4v) is 2.49. The van der Waals surface area contributed by atoms with Crippen molar-refractivity contribution in [2.75, 3.05) is 5.32 Å². The number of nitrogens with zero attached hydrogens (tertiary/aromatic N) is 2. The third kappa shape index (κ3) is 2.67. The summed E-state index contributed by atoms with van der Waals surface area (Å²) in [5, 5.41) is 20.9. The van der Waals surface area contributed by atoms with E-state index < -0.39 is 10.8 Å². The molecule has 1 amide bonds. The maximum absolute atomic E-state index is 12.3. The second-order valence-electron chi connectivity index (χ2n) is 5.26. The molecular weight excluding hydrogens is 308 g/mol. The lowest BCUT2D eigenvalue weighted by Gasteiger charge is -2.05. The minimum Gasteiger partial charge on any atom is -0.305 e. The number of carbonyl (C=O) groups is 1. The molecule has 0 bridgehead atoms. The molecular formula is C14H13ClN4O3. The molecule has 1 fully saturated rings. The van der Waals surface area contributed by atoms with Crippen LogP contribution in [0.15, 0.2) is 18.2 Å². The molecule has 0 atom stereocenters. The highest BCUT2D eigenvalue weighted by atomic mass is 35.5. The molecule has 1 aliphatic rings. The van der Waals surface area contributed by atoms with Gasteiger partial charge < -0.3 is 5.32 Å². The van der Waals surface area contributed by atoms with Gasteiger partial charge in [-0.05, 0) is 31.9 Å². The fourth-order valence-electron chi connectivity index (χ4n) is 2.33. The Hall–Kier alpha value is -2.41. The van der Waals surface area contributed by atoms with Crippen LogP contribution in [0.4, 0.5) is 11.5 Å². The van der Waals surface area contributed by atoms with Crippen LogP contribution in [0.25, 0.3) is 0 Å². The number of amides is 1. The van der Waals surface area contributed by atoms with Crippen LogP contribution >= 0.6 is 11.6 Å². The molecule has 0 aliphatic heterocycles. The van der Waals surface area contributed by atoms with Gasteiger partial charge in [0.15, 0.2) is 5.82 Å². The molecule has 1 heterocycles. The third-order valence-corrected chi connectivity index (χ3v) is 3.90. The first-order valence-electron chi connectivity index (χ1n) is 6.77. The summed E-state index contributed by atoms with van der Waals surface area (Å²) in [7, 11) is 0. The number of carbonyl (C=O) groups excluding carboxylic acids is 1. The molecule has 2 N–H and O–H groups in total. The number of aromatic amines is 1. The highest BCUT2D eigenvalue weighted by Crippen LogP contribution is 2.41. The minimum absolute atomic E-state index is 0.0511.